The van der Waals surface area contributed by atoms with Crippen molar-refractivity contribution in [3.63, 3.8) is 0 Å². The van der Waals surface area contributed by atoms with Crippen LogP contribution in [-0.2, 0) is 4.79 Å². The Morgan fingerprint density at radius 3 is 2.17 bits per heavy atom. The molecule has 4 heteroatoms. The number of hydrogen-bond donors (Lipinski definition) is 1. The Bertz CT molecular complexity index is 369. The van der Waals surface area contributed by atoms with Gasteiger partial charge in [0.15, 0.2) is 0 Å². The molecule has 0 bridgehead atoms. The number of nitrogens with zero attached hydrogens (tertiary/aromatic N) is 1. The Hall–Kier alpha value is -1.16. The minimum Gasteiger partial charge on any atom is -0.391 e. The van der Waals surface area contributed by atoms with E-state index in [0.29, 0.717) is 0 Å². The number of hydrogen-bond acceptors (Lipinski definition) is 2. The highest BCUT2D eigenvalue weighted by atomic mass is 35.5. The normalized spacial score (nSPS) is 10.9. The Labute approximate surface area is 114 Å². The molecule has 1 rings (SSSR count). The van der Waals surface area contributed by atoms with Crippen molar-refractivity contribution in [2.75, 3.05) is 34.3 Å². The maximum Gasteiger partial charge on any atom is 0.245 e. The predicted octanol–water partition coefficient (Wildman–Crippen LogP) is 2.15. The first kappa shape index (κ1) is 16.8. The minimum absolute atomic E-state index is 0.281. The second kappa shape index (κ2) is 8.86. The number of rotatable bonds is 4. The van der Waals surface area contributed by atoms with Gasteiger partial charge in [-0.25, -0.2) is 0 Å². The van der Waals surface area contributed by atoms with Crippen LogP contribution < -0.4 is 0 Å². The van der Waals surface area contributed by atoms with Crippen LogP contribution in [0.5, 0.6) is 0 Å². The number of likely N-dealkylation sites (N-methyl/N-ethyl adjacent to an activating group) is 1. The first-order valence-electron chi connectivity index (χ1n) is 5.69. The molecular formula is C14H21ClNO2+. The molecule has 0 heterocycles. The van der Waals surface area contributed by atoms with E-state index in [9.17, 15) is 4.79 Å². The van der Waals surface area contributed by atoms with Crippen molar-refractivity contribution in [3.8, 4) is 0 Å². The van der Waals surface area contributed by atoms with Gasteiger partial charge in [0, 0.05) is 0 Å². The van der Waals surface area contributed by atoms with Crippen LogP contribution >= 0.6 is 11.6 Å². The van der Waals surface area contributed by atoms with E-state index in [4.69, 9.17) is 16.7 Å². The number of carbonyl (C=O) groups is 1. The third-order valence-corrected chi connectivity index (χ3v) is 2.10. The van der Waals surface area contributed by atoms with E-state index in [1.54, 1.807) is 6.08 Å². The summed E-state index contributed by atoms with van der Waals surface area (Å²) in [6.45, 7) is 1.11. The molecule has 0 saturated heterocycles. The summed E-state index contributed by atoms with van der Waals surface area (Å²) in [6.07, 6.45) is 3.01. The first-order chi connectivity index (χ1) is 8.35. The quantitative estimate of drug-likeness (QED) is 0.517. The van der Waals surface area contributed by atoms with Crippen molar-refractivity contribution in [1.29, 1.82) is 0 Å². The molecule has 0 spiro atoms. The molecule has 0 unspecified atom stereocenters. The summed E-state index contributed by atoms with van der Waals surface area (Å²) in [6, 6.07) is 9.52. The lowest BCUT2D eigenvalue weighted by Gasteiger charge is -2.21. The summed E-state index contributed by atoms with van der Waals surface area (Å²) in [5.74, 6) is 0. The Balaban J connectivity index is 0.000000360. The van der Waals surface area contributed by atoms with Gasteiger partial charge in [0.25, 0.3) is 0 Å². The molecule has 0 aromatic heterocycles. The molecule has 0 aliphatic carbocycles. The number of benzene rings is 1. The van der Waals surface area contributed by atoms with Crippen molar-refractivity contribution in [2.45, 2.75) is 0 Å². The van der Waals surface area contributed by atoms with Gasteiger partial charge < -0.3 is 9.59 Å². The van der Waals surface area contributed by atoms with Crippen LogP contribution in [0, 0.1) is 0 Å². The smallest absolute Gasteiger partial charge is 0.245 e. The van der Waals surface area contributed by atoms with Gasteiger partial charge in [-0.15, -0.1) is 0 Å². The number of aliphatic hydroxyl groups is 1. The molecule has 0 atom stereocenters. The molecule has 1 aromatic rings. The molecule has 18 heavy (non-hydrogen) atoms. The summed E-state index contributed by atoms with van der Waals surface area (Å²) >= 11 is 5.10. The van der Waals surface area contributed by atoms with Gasteiger partial charge in [0.05, 0.1) is 27.7 Å². The molecule has 100 valence electrons. The van der Waals surface area contributed by atoms with E-state index >= 15 is 0 Å². The highest BCUT2D eigenvalue weighted by molar-refractivity contribution is 6.66. The van der Waals surface area contributed by atoms with Gasteiger partial charge in [-0.2, -0.15) is 0 Å². The maximum absolute atomic E-state index is 10.3. The highest BCUT2D eigenvalue weighted by Gasteiger charge is 2.02. The van der Waals surface area contributed by atoms with Gasteiger partial charge in [-0.3, -0.25) is 4.79 Å². The average Bonchev–Trinajstić information content (AvgIpc) is 2.27. The van der Waals surface area contributed by atoms with Crippen LogP contribution in [0.2, 0.25) is 0 Å². The van der Waals surface area contributed by atoms with Gasteiger partial charge in [-0.05, 0) is 23.2 Å². The maximum atomic E-state index is 10.3. The zero-order valence-electron chi connectivity index (χ0n) is 11.1. The lowest BCUT2D eigenvalue weighted by molar-refractivity contribution is -0.870. The van der Waals surface area contributed by atoms with E-state index < -0.39 is 5.24 Å². The summed E-state index contributed by atoms with van der Waals surface area (Å²) in [4.78, 5) is 10.3. The zero-order valence-corrected chi connectivity index (χ0v) is 11.9. The molecule has 0 amide bonds. The van der Waals surface area contributed by atoms with Crippen LogP contribution in [0.3, 0.4) is 0 Å². The first-order valence-corrected chi connectivity index (χ1v) is 6.07. The third-order valence-electron chi connectivity index (χ3n) is 1.98. The predicted molar refractivity (Wildman–Crippen MR) is 76.3 cm³/mol. The topological polar surface area (TPSA) is 37.3 Å². The van der Waals surface area contributed by atoms with Crippen LogP contribution in [-0.4, -0.2) is 49.1 Å². The zero-order chi connectivity index (χ0) is 14.0. The fraction of sp³-hybridized carbons (Fsp3) is 0.357. The molecule has 0 aliphatic heterocycles. The molecule has 1 aromatic carbocycles. The standard InChI is InChI=1S/C9H7ClO.C5H14NO/c10-9(11)7-6-8-4-2-1-3-5-8;1-6(2,3)4-5-7/h1-7H;7H,4-5H2,1-3H3/q;+1/b7-6+;. The van der Waals surface area contributed by atoms with Gasteiger partial charge in [0.1, 0.15) is 6.54 Å². The number of quaternary nitrogens is 1. The molecule has 1 N–H and O–H groups in total. The van der Waals surface area contributed by atoms with Crippen LogP contribution in [0.1, 0.15) is 5.56 Å². The van der Waals surface area contributed by atoms with Crippen molar-refractivity contribution < 1.29 is 14.4 Å². The Morgan fingerprint density at radius 2 is 1.83 bits per heavy atom. The summed E-state index contributed by atoms with van der Waals surface area (Å²) in [5, 5.41) is 7.94. The SMILES string of the molecule is C[N+](C)(C)CCO.O=C(Cl)/C=C/c1ccccc1. The molecular weight excluding hydrogens is 250 g/mol. The fourth-order valence-electron chi connectivity index (χ4n) is 1.03. The highest BCUT2D eigenvalue weighted by Crippen LogP contribution is 2.01. The fourth-order valence-corrected chi connectivity index (χ4v) is 1.09. The number of allylic oxidation sites excluding steroid dienone is 1. The third kappa shape index (κ3) is 11.3. The van der Waals surface area contributed by atoms with Crippen molar-refractivity contribution in [1.82, 2.24) is 0 Å². The lowest BCUT2D eigenvalue weighted by atomic mass is 10.2. The van der Waals surface area contributed by atoms with Gasteiger partial charge >= 0.3 is 0 Å². The van der Waals surface area contributed by atoms with Crippen LogP contribution in [0.15, 0.2) is 36.4 Å². The Kier molecular flexibility index (Phi) is 8.29. The number of aliphatic hydroxyl groups excluding tert-OH is 1. The summed E-state index contributed by atoms with van der Waals surface area (Å²) in [7, 11) is 6.16. The molecule has 0 saturated carbocycles. The van der Waals surface area contributed by atoms with Crippen molar-refractivity contribution in [3.05, 3.63) is 42.0 Å². The molecule has 0 fully saturated rings. The second-order valence-corrected chi connectivity index (χ2v) is 5.16. The Morgan fingerprint density at radius 1 is 1.28 bits per heavy atom. The van der Waals surface area contributed by atoms with Gasteiger partial charge in [0.2, 0.25) is 5.24 Å². The van der Waals surface area contributed by atoms with Crippen molar-refractivity contribution in [2.24, 2.45) is 0 Å². The van der Waals surface area contributed by atoms with Crippen LogP contribution in [0.25, 0.3) is 6.08 Å². The summed E-state index contributed by atoms with van der Waals surface area (Å²) in [5.41, 5.74) is 0.974. The van der Waals surface area contributed by atoms with E-state index in [1.165, 1.54) is 6.08 Å². The lowest BCUT2D eigenvalue weighted by Crippen LogP contribution is -2.36. The van der Waals surface area contributed by atoms with E-state index in [1.807, 2.05) is 30.3 Å². The van der Waals surface area contributed by atoms with Gasteiger partial charge in [-0.1, -0.05) is 36.4 Å². The van der Waals surface area contributed by atoms with Crippen molar-refractivity contribution >= 4 is 22.9 Å². The summed E-state index contributed by atoms with van der Waals surface area (Å²) < 4.78 is 0.844. The average molecular weight is 271 g/mol. The van der Waals surface area contributed by atoms with E-state index in [2.05, 4.69) is 21.1 Å². The van der Waals surface area contributed by atoms with Crippen LogP contribution in [0.4, 0.5) is 0 Å². The van der Waals surface area contributed by atoms with E-state index in [-0.39, 0.29) is 6.61 Å². The molecule has 0 aliphatic rings. The minimum atomic E-state index is -0.450. The second-order valence-electron chi connectivity index (χ2n) is 4.79. The largest absolute Gasteiger partial charge is 0.391 e. The number of carbonyl (C=O) groups excluding carboxylic acids is 1. The number of halogens is 1. The monoisotopic (exact) mass is 270 g/mol. The molecule has 0 radical (unpaired) electrons. The van der Waals surface area contributed by atoms with E-state index in [0.717, 1.165) is 16.6 Å². The molecule has 3 nitrogen and oxygen atoms in total.